The van der Waals surface area contributed by atoms with Crippen LogP contribution in [0, 0.1) is 34.5 Å². The normalized spacial score (nSPS) is 67.4. The van der Waals surface area contributed by atoms with Crippen LogP contribution in [0.4, 0.5) is 0 Å². The molecule has 2 unspecified atom stereocenters. The molecule has 0 N–H and O–H groups in total. The molecule has 0 amide bonds. The van der Waals surface area contributed by atoms with Crippen LogP contribution >= 0.6 is 0 Å². The van der Waals surface area contributed by atoms with E-state index in [0.717, 1.165) is 25.7 Å². The molecular weight excluding hydrogens is 244 g/mol. The molecule has 3 saturated carbocycles. The molecule has 1 heteroatoms. The molecule has 0 radical (unpaired) electrons. The minimum absolute atomic E-state index is 0.128. The van der Waals surface area contributed by atoms with Gasteiger partial charge in [-0.1, -0.05) is 26.0 Å². The van der Waals surface area contributed by atoms with Gasteiger partial charge in [-0.05, 0) is 73.0 Å². The summed E-state index contributed by atoms with van der Waals surface area (Å²) in [4.78, 5) is 12.0. The zero-order valence-electron chi connectivity index (χ0n) is 15.7. The van der Waals surface area contributed by atoms with E-state index >= 15 is 0 Å². The van der Waals surface area contributed by atoms with Crippen molar-refractivity contribution in [1.29, 1.82) is 0 Å². The van der Waals surface area contributed by atoms with E-state index in [1.54, 1.807) is 0 Å². The highest BCUT2D eigenvalue weighted by Crippen LogP contribution is 2.64. The van der Waals surface area contributed by atoms with Crippen LogP contribution in [0.5, 0.6) is 0 Å². The third kappa shape index (κ3) is 1.64. The summed E-state index contributed by atoms with van der Waals surface area (Å²) < 4.78 is 26.6. The number of carbonyl (C=O) groups excluding carboxylic acids is 1. The molecule has 0 saturated heterocycles. The lowest BCUT2D eigenvalue weighted by atomic mass is 9.45. The lowest BCUT2D eigenvalue weighted by Gasteiger charge is -2.59. The summed E-state index contributed by atoms with van der Waals surface area (Å²) in [5.41, 5.74) is -0.0947. The SMILES string of the molecule is [2H]C1C([2H])[C@@]2([2H])CC(=O)CC[C@]2(C)[C@H]2CC[C@]3(C)C=CC[C@H]3[C@H]12. The molecule has 0 spiro atoms. The second-order valence-corrected chi connectivity index (χ2v) is 7.99. The first kappa shape index (κ1) is 10.2. The van der Waals surface area contributed by atoms with E-state index in [2.05, 4.69) is 26.0 Å². The Bertz CT molecular complexity index is 575. The monoisotopic (exact) mass is 275 g/mol. The number of hydrogen-bond donors (Lipinski definition) is 0. The van der Waals surface area contributed by atoms with Crippen molar-refractivity contribution in [2.75, 3.05) is 0 Å². The summed E-state index contributed by atoms with van der Waals surface area (Å²) in [5, 5.41) is 0. The maximum absolute atomic E-state index is 12.0. The molecule has 20 heavy (non-hydrogen) atoms. The second kappa shape index (κ2) is 4.21. The maximum atomic E-state index is 12.0. The molecule has 0 aromatic rings. The van der Waals surface area contributed by atoms with Gasteiger partial charge in [0.15, 0.2) is 0 Å². The molecule has 0 bridgehead atoms. The number of carbonyl (C=O) groups is 1. The van der Waals surface area contributed by atoms with Crippen molar-refractivity contribution in [3.63, 3.8) is 0 Å². The van der Waals surface area contributed by atoms with Crippen molar-refractivity contribution in [2.45, 2.75) is 65.2 Å². The van der Waals surface area contributed by atoms with Crippen molar-refractivity contribution < 1.29 is 8.91 Å². The molecule has 0 aromatic carbocycles. The van der Waals surface area contributed by atoms with Gasteiger partial charge in [0.05, 0.1) is 0 Å². The van der Waals surface area contributed by atoms with Crippen molar-refractivity contribution in [1.82, 2.24) is 0 Å². The number of rotatable bonds is 0. The van der Waals surface area contributed by atoms with Crippen molar-refractivity contribution in [3.05, 3.63) is 12.2 Å². The minimum Gasteiger partial charge on any atom is -0.300 e. The van der Waals surface area contributed by atoms with E-state index in [0.29, 0.717) is 18.3 Å². The standard InChI is InChI=1S/C19H28O/c1-18-9-3-4-16(18)15-6-5-13-12-14(20)7-11-19(13,2)17(15)8-10-18/h3,9,13,15-17H,4-8,10-12H2,1-2H3/t13-,15-,16-,17-,18-,19-/m0/s1/i5D,6D,13D/t5?,6?,13-,15-,16-,17-,18-,19-. The van der Waals surface area contributed by atoms with E-state index in [1.165, 1.54) is 0 Å². The van der Waals surface area contributed by atoms with E-state index in [-0.39, 0.29) is 29.0 Å². The molecule has 1 nitrogen and oxygen atoms in total. The minimum atomic E-state index is -1.06. The summed E-state index contributed by atoms with van der Waals surface area (Å²) in [6.45, 7) is 4.49. The highest BCUT2D eigenvalue weighted by atomic mass is 16.1. The fraction of sp³-hybridized carbons (Fsp3) is 0.842. The highest BCUT2D eigenvalue weighted by Gasteiger charge is 2.56. The van der Waals surface area contributed by atoms with Crippen LogP contribution in [0.1, 0.15) is 69.3 Å². The zero-order valence-corrected chi connectivity index (χ0v) is 12.7. The van der Waals surface area contributed by atoms with Gasteiger partial charge in [0.2, 0.25) is 0 Å². The molecule has 0 aliphatic heterocycles. The largest absolute Gasteiger partial charge is 0.300 e. The van der Waals surface area contributed by atoms with Crippen molar-refractivity contribution >= 4 is 5.78 Å². The number of ketones is 1. The van der Waals surface area contributed by atoms with Crippen LogP contribution in [-0.4, -0.2) is 5.78 Å². The van der Waals surface area contributed by atoms with Crippen molar-refractivity contribution in [3.8, 4) is 0 Å². The first-order valence-corrected chi connectivity index (χ1v) is 8.27. The lowest BCUT2D eigenvalue weighted by molar-refractivity contribution is -0.136. The number of allylic oxidation sites excluding steroid dienone is 2. The Hall–Kier alpha value is -0.590. The Morgan fingerprint density at radius 2 is 2.15 bits per heavy atom. The van der Waals surface area contributed by atoms with Crippen LogP contribution < -0.4 is 0 Å². The quantitative estimate of drug-likeness (QED) is 0.582. The Morgan fingerprint density at radius 1 is 1.30 bits per heavy atom. The first-order valence-electron chi connectivity index (χ1n) is 9.92. The van der Waals surface area contributed by atoms with E-state index < -0.39 is 18.7 Å². The van der Waals surface area contributed by atoms with Crippen LogP contribution in [0.3, 0.4) is 0 Å². The van der Waals surface area contributed by atoms with Gasteiger partial charge in [-0.3, -0.25) is 4.79 Å². The maximum Gasteiger partial charge on any atom is 0.133 e. The average Bonchev–Trinajstić information content (AvgIpc) is 2.89. The number of fused-ring (bicyclic) bond motifs is 5. The summed E-state index contributed by atoms with van der Waals surface area (Å²) >= 11 is 0. The van der Waals surface area contributed by atoms with Gasteiger partial charge in [-0.2, -0.15) is 0 Å². The van der Waals surface area contributed by atoms with Gasteiger partial charge in [0, 0.05) is 17.0 Å². The molecule has 4 aliphatic rings. The van der Waals surface area contributed by atoms with E-state index in [9.17, 15) is 4.79 Å². The Kier molecular flexibility index (Phi) is 2.14. The van der Waals surface area contributed by atoms with Gasteiger partial charge in [-0.25, -0.2) is 0 Å². The van der Waals surface area contributed by atoms with E-state index in [1.807, 2.05) is 0 Å². The van der Waals surface area contributed by atoms with Crippen LogP contribution in [-0.2, 0) is 4.79 Å². The molecule has 110 valence electrons. The average molecular weight is 275 g/mol. The Labute approximate surface area is 127 Å². The number of Topliss-reactive ketones (excluding diaryl/α,β-unsaturated/α-hetero) is 1. The third-order valence-corrected chi connectivity index (χ3v) is 7.04. The van der Waals surface area contributed by atoms with Crippen molar-refractivity contribution in [2.24, 2.45) is 34.5 Å². The van der Waals surface area contributed by atoms with Gasteiger partial charge in [-0.15, -0.1) is 0 Å². The molecule has 0 aromatic heterocycles. The fourth-order valence-electron chi connectivity index (χ4n) is 5.66. The van der Waals surface area contributed by atoms with Crippen LogP contribution in [0.25, 0.3) is 0 Å². The summed E-state index contributed by atoms with van der Waals surface area (Å²) in [5.74, 6) is 0.0626. The molecule has 4 rings (SSSR count). The van der Waals surface area contributed by atoms with Gasteiger partial charge in [0.1, 0.15) is 5.78 Å². The van der Waals surface area contributed by atoms with Crippen LogP contribution in [0.2, 0.25) is 0 Å². The summed E-state index contributed by atoms with van der Waals surface area (Å²) in [6, 6.07) is 0. The topological polar surface area (TPSA) is 17.1 Å². The Balaban J connectivity index is 1.78. The molecule has 4 aliphatic carbocycles. The third-order valence-electron chi connectivity index (χ3n) is 7.04. The van der Waals surface area contributed by atoms with Crippen LogP contribution in [0.15, 0.2) is 12.2 Å². The van der Waals surface area contributed by atoms with Gasteiger partial charge in [0.25, 0.3) is 0 Å². The lowest BCUT2D eigenvalue weighted by Crippen LogP contribution is -2.52. The number of hydrogen-bond acceptors (Lipinski definition) is 1. The smallest absolute Gasteiger partial charge is 0.133 e. The van der Waals surface area contributed by atoms with E-state index in [4.69, 9.17) is 4.11 Å². The molecule has 0 heterocycles. The second-order valence-electron chi connectivity index (χ2n) is 7.99. The summed E-state index contributed by atoms with van der Waals surface area (Å²) in [7, 11) is 0. The van der Waals surface area contributed by atoms with Gasteiger partial charge >= 0.3 is 0 Å². The predicted octanol–water partition coefficient (Wildman–Crippen LogP) is 4.76. The molecular formula is C19H28O. The predicted molar refractivity (Wildman–Crippen MR) is 81.3 cm³/mol. The Morgan fingerprint density at radius 3 is 3.00 bits per heavy atom. The zero-order chi connectivity index (χ0) is 16.6. The summed E-state index contributed by atoms with van der Waals surface area (Å²) in [6.07, 6.45) is 8.03. The highest BCUT2D eigenvalue weighted by molar-refractivity contribution is 5.79. The van der Waals surface area contributed by atoms with Gasteiger partial charge < -0.3 is 0 Å². The molecule has 8 atom stereocenters. The molecule has 3 fully saturated rings. The fourth-order valence-corrected chi connectivity index (χ4v) is 5.66. The first-order chi connectivity index (χ1) is 10.7.